The summed E-state index contributed by atoms with van der Waals surface area (Å²) in [7, 11) is 0. The fraction of sp³-hybridized carbons (Fsp3) is 0.389. The highest BCUT2D eigenvalue weighted by molar-refractivity contribution is 6.03. The van der Waals surface area contributed by atoms with E-state index in [1.807, 2.05) is 6.07 Å². The summed E-state index contributed by atoms with van der Waals surface area (Å²) in [6, 6.07) is 6.17. The molecule has 1 unspecified atom stereocenters. The van der Waals surface area contributed by atoms with Gasteiger partial charge in [0.1, 0.15) is 6.33 Å². The van der Waals surface area contributed by atoms with Crippen molar-refractivity contribution in [3.63, 3.8) is 0 Å². The zero-order valence-electron chi connectivity index (χ0n) is 12.4. The summed E-state index contributed by atoms with van der Waals surface area (Å²) < 4.78 is 5.42. The van der Waals surface area contributed by atoms with E-state index in [-0.39, 0.29) is 5.92 Å². The van der Waals surface area contributed by atoms with Crippen LogP contribution in [0.2, 0.25) is 0 Å². The number of aromatic nitrogens is 2. The summed E-state index contributed by atoms with van der Waals surface area (Å²) in [5.41, 5.74) is 4.04. The Morgan fingerprint density at radius 3 is 2.59 bits per heavy atom. The Hall–Kier alpha value is -2.07. The van der Waals surface area contributed by atoms with E-state index in [1.54, 1.807) is 12.4 Å². The summed E-state index contributed by atoms with van der Waals surface area (Å²) in [6.45, 7) is 1.58. The molecule has 1 aliphatic heterocycles. The Labute approximate surface area is 129 Å². The van der Waals surface area contributed by atoms with Gasteiger partial charge in [0.25, 0.3) is 0 Å². The van der Waals surface area contributed by atoms with Gasteiger partial charge in [0, 0.05) is 42.7 Å². The van der Waals surface area contributed by atoms with Crippen molar-refractivity contribution in [1.82, 2.24) is 9.97 Å². The standard InChI is InChI=1S/C18H18N2O2/c21-18-16(12-3-5-22-6-4-12)8-14-2-1-13(7-17(14)18)15-9-19-11-20-10-15/h1-2,7,9-12,16H,3-6,8H2. The molecule has 1 aromatic carbocycles. The third-order valence-corrected chi connectivity index (χ3v) is 4.88. The smallest absolute Gasteiger partial charge is 0.166 e. The molecule has 4 nitrogen and oxygen atoms in total. The van der Waals surface area contributed by atoms with Gasteiger partial charge in [-0.2, -0.15) is 0 Å². The average Bonchev–Trinajstić information content (AvgIpc) is 2.93. The van der Waals surface area contributed by atoms with Gasteiger partial charge in [-0.15, -0.1) is 0 Å². The van der Waals surface area contributed by atoms with Crippen LogP contribution in [-0.2, 0) is 11.2 Å². The molecule has 1 saturated heterocycles. The second-order valence-electron chi connectivity index (χ2n) is 6.12. The number of ether oxygens (including phenoxy) is 1. The fourth-order valence-electron chi connectivity index (χ4n) is 3.64. The van der Waals surface area contributed by atoms with Crippen molar-refractivity contribution < 1.29 is 9.53 Å². The molecule has 0 radical (unpaired) electrons. The van der Waals surface area contributed by atoms with Crippen LogP contribution in [-0.4, -0.2) is 29.0 Å². The number of Topliss-reactive ketones (excluding diaryl/α,β-unsaturated/α-hetero) is 1. The number of rotatable bonds is 2. The lowest BCUT2D eigenvalue weighted by molar-refractivity contribution is 0.0448. The first-order chi connectivity index (χ1) is 10.8. The van der Waals surface area contributed by atoms with Gasteiger partial charge >= 0.3 is 0 Å². The molecule has 0 amide bonds. The largest absolute Gasteiger partial charge is 0.381 e. The molecule has 1 fully saturated rings. The van der Waals surface area contributed by atoms with Crippen LogP contribution in [0, 0.1) is 11.8 Å². The zero-order valence-corrected chi connectivity index (χ0v) is 12.4. The van der Waals surface area contributed by atoms with E-state index in [2.05, 4.69) is 22.1 Å². The third kappa shape index (κ3) is 2.33. The predicted molar refractivity (Wildman–Crippen MR) is 82.5 cm³/mol. The van der Waals surface area contributed by atoms with Crippen LogP contribution in [0.15, 0.2) is 36.9 Å². The molecular formula is C18H18N2O2. The number of nitrogens with zero attached hydrogens (tertiary/aromatic N) is 2. The maximum atomic E-state index is 12.8. The van der Waals surface area contributed by atoms with Crippen LogP contribution in [0.4, 0.5) is 0 Å². The SMILES string of the molecule is O=C1c2cc(-c3cncnc3)ccc2CC1C1CCOCC1. The molecule has 0 spiro atoms. The molecule has 2 heterocycles. The second kappa shape index (κ2) is 5.61. The van der Waals surface area contributed by atoms with E-state index in [1.165, 1.54) is 11.9 Å². The van der Waals surface area contributed by atoms with Gasteiger partial charge in [0.05, 0.1) is 0 Å². The molecule has 2 aliphatic rings. The van der Waals surface area contributed by atoms with Gasteiger partial charge < -0.3 is 4.74 Å². The van der Waals surface area contributed by atoms with Crippen molar-refractivity contribution in [2.45, 2.75) is 19.3 Å². The van der Waals surface area contributed by atoms with Crippen molar-refractivity contribution in [3.05, 3.63) is 48.0 Å². The first-order valence-corrected chi connectivity index (χ1v) is 7.83. The Balaban J connectivity index is 1.63. The molecule has 0 bridgehead atoms. The van der Waals surface area contributed by atoms with Crippen LogP contribution < -0.4 is 0 Å². The number of hydrogen-bond acceptors (Lipinski definition) is 4. The number of ketones is 1. The summed E-state index contributed by atoms with van der Waals surface area (Å²) in [6.07, 6.45) is 7.97. The number of benzene rings is 1. The van der Waals surface area contributed by atoms with Crippen molar-refractivity contribution in [2.24, 2.45) is 11.8 Å². The third-order valence-electron chi connectivity index (χ3n) is 4.88. The van der Waals surface area contributed by atoms with Crippen LogP contribution in [0.3, 0.4) is 0 Å². The Morgan fingerprint density at radius 1 is 1.05 bits per heavy atom. The average molecular weight is 294 g/mol. The minimum atomic E-state index is 0.140. The number of fused-ring (bicyclic) bond motifs is 1. The van der Waals surface area contributed by atoms with Crippen molar-refractivity contribution in [2.75, 3.05) is 13.2 Å². The van der Waals surface area contributed by atoms with Crippen LogP contribution in [0.1, 0.15) is 28.8 Å². The van der Waals surface area contributed by atoms with Gasteiger partial charge in [0.15, 0.2) is 5.78 Å². The normalized spacial score (nSPS) is 21.8. The second-order valence-corrected chi connectivity index (χ2v) is 6.12. The van der Waals surface area contributed by atoms with Crippen LogP contribution >= 0.6 is 0 Å². The summed E-state index contributed by atoms with van der Waals surface area (Å²) in [5, 5.41) is 0. The maximum absolute atomic E-state index is 12.8. The lowest BCUT2D eigenvalue weighted by Gasteiger charge is -2.26. The summed E-state index contributed by atoms with van der Waals surface area (Å²) >= 11 is 0. The molecule has 112 valence electrons. The topological polar surface area (TPSA) is 52.1 Å². The molecule has 1 aliphatic carbocycles. The molecule has 1 atom stereocenters. The number of hydrogen-bond donors (Lipinski definition) is 0. The van der Waals surface area contributed by atoms with Gasteiger partial charge in [-0.05, 0) is 42.4 Å². The van der Waals surface area contributed by atoms with Gasteiger partial charge in [0.2, 0.25) is 0 Å². The van der Waals surface area contributed by atoms with E-state index in [9.17, 15) is 4.79 Å². The van der Waals surface area contributed by atoms with E-state index >= 15 is 0 Å². The molecule has 4 heteroatoms. The monoisotopic (exact) mass is 294 g/mol. The minimum absolute atomic E-state index is 0.140. The molecule has 0 saturated carbocycles. The Bertz CT molecular complexity index is 693. The summed E-state index contributed by atoms with van der Waals surface area (Å²) in [4.78, 5) is 20.9. The quantitative estimate of drug-likeness (QED) is 0.854. The first-order valence-electron chi connectivity index (χ1n) is 7.83. The fourth-order valence-corrected chi connectivity index (χ4v) is 3.64. The highest BCUT2D eigenvalue weighted by Gasteiger charge is 2.36. The molecule has 2 aromatic rings. The predicted octanol–water partition coefficient (Wildman–Crippen LogP) is 2.93. The lowest BCUT2D eigenvalue weighted by Crippen LogP contribution is -2.27. The highest BCUT2D eigenvalue weighted by Crippen LogP contribution is 2.37. The lowest BCUT2D eigenvalue weighted by atomic mass is 9.83. The van der Waals surface area contributed by atoms with Gasteiger partial charge in [-0.3, -0.25) is 4.79 Å². The van der Waals surface area contributed by atoms with E-state index in [4.69, 9.17) is 4.74 Å². The van der Waals surface area contributed by atoms with Crippen LogP contribution in [0.5, 0.6) is 0 Å². The number of carbonyl (C=O) groups is 1. The molecular weight excluding hydrogens is 276 g/mol. The first kappa shape index (κ1) is 13.6. The molecule has 0 N–H and O–H groups in total. The Morgan fingerprint density at radius 2 is 1.82 bits per heavy atom. The molecule has 1 aromatic heterocycles. The minimum Gasteiger partial charge on any atom is -0.381 e. The van der Waals surface area contributed by atoms with E-state index in [0.29, 0.717) is 11.7 Å². The van der Waals surface area contributed by atoms with E-state index < -0.39 is 0 Å². The van der Waals surface area contributed by atoms with Crippen molar-refractivity contribution >= 4 is 5.78 Å². The van der Waals surface area contributed by atoms with Crippen molar-refractivity contribution in [3.8, 4) is 11.1 Å². The van der Waals surface area contributed by atoms with E-state index in [0.717, 1.165) is 49.2 Å². The van der Waals surface area contributed by atoms with Crippen LogP contribution in [0.25, 0.3) is 11.1 Å². The zero-order chi connectivity index (χ0) is 14.9. The Kier molecular flexibility index (Phi) is 3.47. The van der Waals surface area contributed by atoms with Gasteiger partial charge in [-0.1, -0.05) is 12.1 Å². The van der Waals surface area contributed by atoms with Gasteiger partial charge in [-0.25, -0.2) is 9.97 Å². The maximum Gasteiger partial charge on any atom is 0.166 e. The van der Waals surface area contributed by atoms with Crippen molar-refractivity contribution in [1.29, 1.82) is 0 Å². The highest BCUT2D eigenvalue weighted by atomic mass is 16.5. The molecule has 4 rings (SSSR count). The number of carbonyl (C=O) groups excluding carboxylic acids is 1. The molecule has 22 heavy (non-hydrogen) atoms. The summed E-state index contributed by atoms with van der Waals surface area (Å²) in [5.74, 6) is 0.916.